The fraction of sp³-hybridized carbons (Fsp3) is 0. The standard InChI is InChI=1S/ClH.HNO3.2Sr/c;2-1(3)4;;/h1H;(H,2,3,4);;/q;;2*+2. The molecule has 0 atom stereocenters. The zero-order valence-corrected chi connectivity index (χ0v) is 11.3. The molecule has 0 heterocycles. The van der Waals surface area contributed by atoms with Gasteiger partial charge in [-0.05, 0) is 0 Å². The van der Waals surface area contributed by atoms with Crippen LogP contribution in [0.4, 0.5) is 0 Å². The average Bonchev–Trinajstić information content (AvgIpc) is 0.811. The molecule has 0 fully saturated rings. The van der Waals surface area contributed by atoms with E-state index in [1.165, 1.54) is 0 Å². The van der Waals surface area contributed by atoms with Crippen molar-refractivity contribution in [2.75, 3.05) is 0 Å². The van der Waals surface area contributed by atoms with Gasteiger partial charge in [0.2, 0.25) is 0 Å². The predicted molar refractivity (Wildman–Crippen MR) is 27.5 cm³/mol. The summed E-state index contributed by atoms with van der Waals surface area (Å²) in [7, 11) is 0. The van der Waals surface area contributed by atoms with Crippen molar-refractivity contribution >= 4 is 103 Å². The molecule has 7 heavy (non-hydrogen) atoms. The van der Waals surface area contributed by atoms with E-state index in [1.807, 2.05) is 0 Å². The quantitative estimate of drug-likeness (QED) is 0.361. The van der Waals surface area contributed by atoms with Gasteiger partial charge in [0.15, 0.2) is 0 Å². The van der Waals surface area contributed by atoms with Gasteiger partial charge in [-0.1, -0.05) is 0 Å². The van der Waals surface area contributed by atoms with Gasteiger partial charge < -0.3 is 5.21 Å². The Kier molecular flexibility index (Phi) is 51.2. The van der Waals surface area contributed by atoms with Crippen molar-refractivity contribution in [1.29, 1.82) is 0 Å². The van der Waals surface area contributed by atoms with Gasteiger partial charge in [-0.15, -0.1) is 22.5 Å². The van der Waals surface area contributed by atoms with Gasteiger partial charge in [-0.3, -0.25) is 0 Å². The van der Waals surface area contributed by atoms with Gasteiger partial charge in [0.05, 0.1) is 0 Å². The summed E-state index contributed by atoms with van der Waals surface area (Å²) in [6.45, 7) is 0. The smallest absolute Gasteiger partial charge is 0.328 e. The second kappa shape index (κ2) is 15.8. The maximum atomic E-state index is 8.36. The summed E-state index contributed by atoms with van der Waals surface area (Å²) < 4.78 is 0. The van der Waals surface area contributed by atoms with Crippen molar-refractivity contribution in [2.24, 2.45) is 0 Å². The first-order chi connectivity index (χ1) is 1.73. The van der Waals surface area contributed by atoms with Gasteiger partial charge >= 0.3 is 91.0 Å². The van der Waals surface area contributed by atoms with Crippen molar-refractivity contribution < 1.29 is 10.3 Å². The zero-order valence-electron chi connectivity index (χ0n) is 3.53. The minimum Gasteiger partial charge on any atom is -0.328 e. The first kappa shape index (κ1) is 22.7. The molecule has 0 aliphatic carbocycles. The molecule has 7 heteroatoms. The molecule has 0 aromatic rings. The summed E-state index contributed by atoms with van der Waals surface area (Å²) in [5.74, 6) is 0. The Balaban J connectivity index is -0.0000000150. The summed E-state index contributed by atoms with van der Waals surface area (Å²) in [5.41, 5.74) is 0. The van der Waals surface area contributed by atoms with Crippen molar-refractivity contribution in [3.63, 3.8) is 0 Å². The molecule has 0 amide bonds. The Labute approximate surface area is 121 Å². The molecule has 0 aliphatic rings. The van der Waals surface area contributed by atoms with E-state index in [-0.39, 0.29) is 103 Å². The van der Waals surface area contributed by atoms with Crippen LogP contribution in [0.25, 0.3) is 0 Å². The van der Waals surface area contributed by atoms with Crippen LogP contribution >= 0.6 is 12.4 Å². The van der Waals surface area contributed by atoms with Gasteiger partial charge in [-0.25, -0.2) is 0 Å². The Morgan fingerprint density at radius 3 is 1.43 bits per heavy atom. The van der Waals surface area contributed by atoms with Crippen LogP contribution < -0.4 is 0 Å². The fourth-order valence-electron chi connectivity index (χ4n) is 0. The first-order valence-electron chi connectivity index (χ1n) is 0.565. The van der Waals surface area contributed by atoms with Gasteiger partial charge in [0.25, 0.3) is 5.09 Å². The minimum absolute atomic E-state index is 0. The molecule has 0 aromatic carbocycles. The van der Waals surface area contributed by atoms with Crippen LogP contribution in [-0.4, -0.2) is 101 Å². The molecule has 0 aromatic heterocycles. The maximum Gasteiger partial charge on any atom is 2.00 e. The molecule has 0 bridgehead atoms. The molecule has 32 valence electrons. The Morgan fingerprint density at radius 1 is 1.43 bits per heavy atom. The second-order valence-corrected chi connectivity index (χ2v) is 0.238. The topological polar surface area (TPSA) is 63.4 Å². The van der Waals surface area contributed by atoms with Crippen LogP contribution in [0.2, 0.25) is 0 Å². The SMILES string of the molecule is Cl.O=[N+]([O-])O.[Sr+2].[Sr+2]. The van der Waals surface area contributed by atoms with Crippen molar-refractivity contribution in [2.45, 2.75) is 0 Å². The summed E-state index contributed by atoms with van der Waals surface area (Å²) in [6.07, 6.45) is 0. The number of rotatable bonds is 0. The molecular formula is H2ClNO3Sr2+4. The van der Waals surface area contributed by atoms with E-state index in [0.717, 1.165) is 0 Å². The van der Waals surface area contributed by atoms with E-state index >= 15 is 0 Å². The molecular weight excluding hydrogens is 273 g/mol. The fourth-order valence-corrected chi connectivity index (χ4v) is 0. The van der Waals surface area contributed by atoms with Crippen LogP contribution in [0.15, 0.2) is 0 Å². The van der Waals surface area contributed by atoms with Gasteiger partial charge in [-0.2, -0.15) is 0 Å². The van der Waals surface area contributed by atoms with Crippen LogP contribution in [0.1, 0.15) is 0 Å². The van der Waals surface area contributed by atoms with E-state index in [9.17, 15) is 0 Å². The van der Waals surface area contributed by atoms with Crippen LogP contribution in [0.5, 0.6) is 0 Å². The number of nitrogens with zero attached hydrogens (tertiary/aromatic N) is 1. The van der Waals surface area contributed by atoms with E-state index in [2.05, 4.69) is 0 Å². The molecule has 0 saturated carbocycles. The summed E-state index contributed by atoms with van der Waals surface area (Å²) in [6, 6.07) is 0. The van der Waals surface area contributed by atoms with E-state index in [0.29, 0.717) is 0 Å². The number of halogens is 1. The summed E-state index contributed by atoms with van der Waals surface area (Å²) in [4.78, 5) is 8.36. The van der Waals surface area contributed by atoms with Crippen LogP contribution in [0, 0.1) is 10.1 Å². The van der Waals surface area contributed by atoms with E-state index in [1.54, 1.807) is 0 Å². The number of hydrogen-bond acceptors (Lipinski definition) is 2. The van der Waals surface area contributed by atoms with Gasteiger partial charge in [0, 0.05) is 0 Å². The van der Waals surface area contributed by atoms with Crippen molar-refractivity contribution in [3.05, 3.63) is 10.1 Å². The average molecular weight is 275 g/mol. The molecule has 0 unspecified atom stereocenters. The van der Waals surface area contributed by atoms with E-state index in [4.69, 9.17) is 15.3 Å². The molecule has 0 rings (SSSR count). The molecule has 1 N–H and O–H groups in total. The summed E-state index contributed by atoms with van der Waals surface area (Å²) in [5, 5.41) is 13.6. The van der Waals surface area contributed by atoms with E-state index < -0.39 is 5.09 Å². The first-order valence-corrected chi connectivity index (χ1v) is 0.565. The third kappa shape index (κ3) is 58.5. The summed E-state index contributed by atoms with van der Waals surface area (Å²) >= 11 is 0. The Bertz CT molecular complexity index is 35.9. The Morgan fingerprint density at radius 2 is 1.43 bits per heavy atom. The minimum atomic E-state index is -1.50. The normalized spacial score (nSPS) is 3.43. The second-order valence-electron chi connectivity index (χ2n) is 0.238. The van der Waals surface area contributed by atoms with Crippen molar-refractivity contribution in [3.8, 4) is 0 Å². The zero-order chi connectivity index (χ0) is 3.58. The largest absolute Gasteiger partial charge is 2.00 e. The number of hydrogen-bond donors (Lipinski definition) is 1. The predicted octanol–water partition coefficient (Wildman–Crippen LogP) is -0.688. The molecule has 4 nitrogen and oxygen atoms in total. The molecule has 0 saturated heterocycles. The molecule has 0 radical (unpaired) electrons. The maximum absolute atomic E-state index is 8.36. The van der Waals surface area contributed by atoms with Crippen molar-refractivity contribution in [1.82, 2.24) is 0 Å². The molecule has 0 aliphatic heterocycles. The van der Waals surface area contributed by atoms with Crippen LogP contribution in [0.3, 0.4) is 0 Å². The monoisotopic (exact) mass is 275 g/mol. The van der Waals surface area contributed by atoms with Gasteiger partial charge in [0.1, 0.15) is 0 Å². The third-order valence-corrected chi connectivity index (χ3v) is 0. The Hall–Kier alpha value is 2.45. The molecule has 0 spiro atoms. The third-order valence-electron chi connectivity index (χ3n) is 0. The van der Waals surface area contributed by atoms with Crippen LogP contribution in [-0.2, 0) is 0 Å².